The van der Waals surface area contributed by atoms with Crippen molar-refractivity contribution in [2.45, 2.75) is 57.3 Å². The number of aliphatic hydroxyl groups excluding tert-OH is 1. The average molecular weight is 281 g/mol. The summed E-state index contributed by atoms with van der Waals surface area (Å²) in [6.07, 6.45) is -3.50. The molecule has 0 bridgehead atoms. The Bertz CT molecular complexity index is 333. The molecule has 104 valence electrons. The highest BCUT2D eigenvalue weighted by Crippen LogP contribution is 2.40. The first-order chi connectivity index (χ1) is 8.34. The summed E-state index contributed by atoms with van der Waals surface area (Å²) in [5.74, 6) is -1.28. The molecule has 2 heterocycles. The Kier molecular flexibility index (Phi) is 3.85. The van der Waals surface area contributed by atoms with E-state index in [0.717, 1.165) is 0 Å². The molecule has 0 aromatic heterocycles. The van der Waals surface area contributed by atoms with E-state index in [9.17, 15) is 9.90 Å². The van der Waals surface area contributed by atoms with Crippen molar-refractivity contribution in [1.29, 1.82) is 0 Å². The van der Waals surface area contributed by atoms with E-state index >= 15 is 0 Å². The van der Waals surface area contributed by atoms with Crippen LogP contribution in [0.4, 0.5) is 0 Å². The maximum Gasteiger partial charge on any atom is 0.305 e. The molecule has 18 heavy (non-hydrogen) atoms. The molecule has 0 saturated carbocycles. The first kappa shape index (κ1) is 14.0. The van der Waals surface area contributed by atoms with Gasteiger partial charge in [-0.05, 0) is 13.8 Å². The van der Waals surface area contributed by atoms with E-state index in [1.54, 1.807) is 13.8 Å². The zero-order chi connectivity index (χ0) is 13.5. The lowest BCUT2D eigenvalue weighted by Crippen LogP contribution is -2.39. The monoisotopic (exact) mass is 280 g/mol. The zero-order valence-electron chi connectivity index (χ0n) is 10.5. The lowest BCUT2D eigenvalue weighted by molar-refractivity contribution is -0.238. The summed E-state index contributed by atoms with van der Waals surface area (Å²) < 4.78 is 21.8. The number of ether oxygens (including phenoxy) is 4. The summed E-state index contributed by atoms with van der Waals surface area (Å²) in [5.41, 5.74) is 0. The molecule has 0 radical (unpaired) electrons. The molecule has 2 rings (SSSR count). The molecule has 0 aromatic carbocycles. The van der Waals surface area contributed by atoms with Crippen LogP contribution in [0.25, 0.3) is 0 Å². The predicted molar refractivity (Wildman–Crippen MR) is 61.0 cm³/mol. The highest BCUT2D eigenvalue weighted by atomic mass is 35.5. The normalized spacial score (nSPS) is 39.4. The molecule has 0 spiro atoms. The van der Waals surface area contributed by atoms with Crippen LogP contribution in [0.3, 0.4) is 0 Å². The van der Waals surface area contributed by atoms with Crippen molar-refractivity contribution in [3.05, 3.63) is 0 Å². The summed E-state index contributed by atoms with van der Waals surface area (Å²) in [7, 11) is 0. The van der Waals surface area contributed by atoms with E-state index in [-0.39, 0.29) is 5.88 Å². The van der Waals surface area contributed by atoms with Gasteiger partial charge in [-0.25, -0.2) is 0 Å². The molecular formula is C11H17ClO6. The molecule has 2 aliphatic rings. The van der Waals surface area contributed by atoms with Crippen LogP contribution in [-0.4, -0.2) is 53.4 Å². The maximum absolute atomic E-state index is 11.0. The number of halogens is 1. The summed E-state index contributed by atoms with van der Waals surface area (Å²) in [6.45, 7) is 4.78. The number of carbonyl (C=O) groups is 1. The van der Waals surface area contributed by atoms with Crippen molar-refractivity contribution < 1.29 is 28.8 Å². The Morgan fingerprint density at radius 3 is 2.61 bits per heavy atom. The van der Waals surface area contributed by atoms with E-state index in [1.807, 2.05) is 0 Å². The molecule has 7 heteroatoms. The Hall–Kier alpha value is -0.400. The quantitative estimate of drug-likeness (QED) is 0.596. The second kappa shape index (κ2) is 4.94. The standard InChI is InChI=1S/C11H17ClO6/c1-5(13)15-10-9-8(17-11(2,3)18-9)7(16-10)6(14)4-12/h6-10,14H,4H2,1-3H3/t6-,7-,8+,9+,10+/m1/s1. The molecule has 0 aromatic rings. The first-order valence-electron chi connectivity index (χ1n) is 5.76. The molecule has 2 saturated heterocycles. The van der Waals surface area contributed by atoms with Gasteiger partial charge in [0.15, 0.2) is 11.9 Å². The molecule has 6 nitrogen and oxygen atoms in total. The summed E-state index contributed by atoms with van der Waals surface area (Å²) in [6, 6.07) is 0. The van der Waals surface area contributed by atoms with E-state index in [2.05, 4.69) is 0 Å². The number of fused-ring (bicyclic) bond motifs is 1. The molecular weight excluding hydrogens is 264 g/mol. The Labute approximate surface area is 110 Å². The lowest BCUT2D eigenvalue weighted by atomic mass is 10.1. The van der Waals surface area contributed by atoms with Crippen molar-refractivity contribution in [1.82, 2.24) is 0 Å². The number of hydrogen-bond donors (Lipinski definition) is 1. The van der Waals surface area contributed by atoms with Crippen molar-refractivity contribution >= 4 is 17.6 Å². The van der Waals surface area contributed by atoms with E-state index in [4.69, 9.17) is 30.5 Å². The summed E-state index contributed by atoms with van der Waals surface area (Å²) in [5, 5.41) is 9.79. The Morgan fingerprint density at radius 1 is 1.44 bits per heavy atom. The third-order valence-corrected chi connectivity index (χ3v) is 3.18. The fraction of sp³-hybridized carbons (Fsp3) is 0.909. The van der Waals surface area contributed by atoms with Crippen molar-refractivity contribution in [2.24, 2.45) is 0 Å². The van der Waals surface area contributed by atoms with Crippen molar-refractivity contribution in [3.63, 3.8) is 0 Å². The molecule has 0 amide bonds. The first-order valence-corrected chi connectivity index (χ1v) is 6.30. The van der Waals surface area contributed by atoms with Gasteiger partial charge in [0.2, 0.25) is 6.29 Å². The van der Waals surface area contributed by atoms with Gasteiger partial charge in [-0.3, -0.25) is 4.79 Å². The topological polar surface area (TPSA) is 74.2 Å². The lowest BCUT2D eigenvalue weighted by Gasteiger charge is -2.25. The highest BCUT2D eigenvalue weighted by molar-refractivity contribution is 6.18. The van der Waals surface area contributed by atoms with Crippen LogP contribution in [0.2, 0.25) is 0 Å². The molecule has 0 aliphatic carbocycles. The van der Waals surface area contributed by atoms with Gasteiger partial charge in [0, 0.05) is 6.92 Å². The summed E-state index contributed by atoms with van der Waals surface area (Å²) >= 11 is 5.61. The molecule has 2 fully saturated rings. The van der Waals surface area contributed by atoms with Crippen LogP contribution in [0.1, 0.15) is 20.8 Å². The number of alkyl halides is 1. The number of carbonyl (C=O) groups excluding carboxylic acids is 1. The van der Waals surface area contributed by atoms with Gasteiger partial charge in [-0.2, -0.15) is 0 Å². The van der Waals surface area contributed by atoms with Crippen LogP contribution in [0.5, 0.6) is 0 Å². The fourth-order valence-corrected chi connectivity index (χ4v) is 2.42. The van der Waals surface area contributed by atoms with Gasteiger partial charge in [-0.15, -0.1) is 11.6 Å². The Morgan fingerprint density at radius 2 is 2.06 bits per heavy atom. The van der Waals surface area contributed by atoms with Crippen LogP contribution in [0, 0.1) is 0 Å². The summed E-state index contributed by atoms with van der Waals surface area (Å²) in [4.78, 5) is 11.0. The van der Waals surface area contributed by atoms with Gasteiger partial charge in [0.25, 0.3) is 0 Å². The van der Waals surface area contributed by atoms with E-state index in [1.165, 1.54) is 6.92 Å². The minimum Gasteiger partial charge on any atom is -0.433 e. The van der Waals surface area contributed by atoms with Crippen molar-refractivity contribution in [2.75, 3.05) is 5.88 Å². The third-order valence-electron chi connectivity index (χ3n) is 2.87. The number of rotatable bonds is 3. The minimum absolute atomic E-state index is 0.00443. The van der Waals surface area contributed by atoms with Crippen LogP contribution in [0.15, 0.2) is 0 Å². The van der Waals surface area contributed by atoms with E-state index in [0.29, 0.717) is 0 Å². The van der Waals surface area contributed by atoms with Crippen molar-refractivity contribution in [3.8, 4) is 0 Å². The third kappa shape index (κ3) is 2.62. The molecule has 2 aliphatic heterocycles. The number of hydrogen-bond acceptors (Lipinski definition) is 6. The van der Waals surface area contributed by atoms with Crippen LogP contribution >= 0.6 is 11.6 Å². The average Bonchev–Trinajstić information content (AvgIpc) is 2.72. The van der Waals surface area contributed by atoms with Crippen LogP contribution < -0.4 is 0 Å². The molecule has 1 N–H and O–H groups in total. The minimum atomic E-state index is -0.905. The zero-order valence-corrected chi connectivity index (χ0v) is 11.2. The maximum atomic E-state index is 11.0. The molecule has 0 unspecified atom stereocenters. The SMILES string of the molecule is CC(=O)O[C@H]1O[C@H]([C@H](O)CCl)[C@@H]2OC(C)(C)O[C@H]12. The predicted octanol–water partition coefficient (Wildman–Crippen LogP) is 0.394. The largest absolute Gasteiger partial charge is 0.433 e. The Balaban J connectivity index is 2.15. The number of esters is 1. The second-order valence-corrected chi connectivity index (χ2v) is 5.17. The van der Waals surface area contributed by atoms with Gasteiger partial charge in [0.05, 0.1) is 12.0 Å². The smallest absolute Gasteiger partial charge is 0.305 e. The highest BCUT2D eigenvalue weighted by Gasteiger charge is 2.58. The van der Waals surface area contributed by atoms with Gasteiger partial charge in [-0.1, -0.05) is 0 Å². The second-order valence-electron chi connectivity index (χ2n) is 4.86. The van der Waals surface area contributed by atoms with Crippen LogP contribution in [-0.2, 0) is 23.7 Å². The van der Waals surface area contributed by atoms with Gasteiger partial charge < -0.3 is 24.1 Å². The number of aliphatic hydroxyl groups is 1. The van der Waals surface area contributed by atoms with Gasteiger partial charge in [0.1, 0.15) is 12.2 Å². The van der Waals surface area contributed by atoms with Gasteiger partial charge >= 0.3 is 5.97 Å². The van der Waals surface area contributed by atoms with E-state index < -0.39 is 42.5 Å². The fourth-order valence-electron chi connectivity index (χ4n) is 2.25. The molecule has 5 atom stereocenters.